The smallest absolute Gasteiger partial charge is 0.344 e. The third-order valence-electron chi connectivity index (χ3n) is 3.63. The van der Waals surface area contributed by atoms with Crippen LogP contribution in [0, 0.1) is 6.92 Å². The van der Waals surface area contributed by atoms with Crippen molar-refractivity contribution in [1.29, 1.82) is 0 Å². The van der Waals surface area contributed by atoms with Crippen molar-refractivity contribution in [3.05, 3.63) is 52.4 Å². The number of hydrogen-bond acceptors (Lipinski definition) is 7. The largest absolute Gasteiger partial charge is 0.474 e. The molecule has 136 valence electrons. The molecule has 7 nitrogen and oxygen atoms in total. The summed E-state index contributed by atoms with van der Waals surface area (Å²) in [6, 6.07) is 8.56. The van der Waals surface area contributed by atoms with Crippen LogP contribution in [0.5, 0.6) is 5.75 Å². The quantitative estimate of drug-likeness (QED) is 0.474. The summed E-state index contributed by atoms with van der Waals surface area (Å²) in [5.41, 5.74) is 0.925. The summed E-state index contributed by atoms with van der Waals surface area (Å²) in [6.45, 7) is 1.82. The molecule has 0 bridgehead atoms. The highest BCUT2D eigenvalue weighted by molar-refractivity contribution is 5.82. The van der Waals surface area contributed by atoms with E-state index in [4.69, 9.17) is 23.0 Å². The number of fused-ring (bicyclic) bond motifs is 1. The Morgan fingerprint density at radius 1 is 1.19 bits per heavy atom. The van der Waals surface area contributed by atoms with Crippen molar-refractivity contribution in [2.45, 2.75) is 6.92 Å². The molecule has 26 heavy (non-hydrogen) atoms. The number of carbonyl (C=O) groups is 1. The Labute approximate surface area is 149 Å². The third kappa shape index (κ3) is 3.78. The van der Waals surface area contributed by atoms with Crippen LogP contribution in [0.4, 0.5) is 0 Å². The first-order chi connectivity index (χ1) is 12.6. The number of hydrogen-bond donors (Lipinski definition) is 0. The number of carbonyl (C=O) groups excluding carboxylic acids is 1. The Morgan fingerprint density at radius 2 is 2.04 bits per heavy atom. The molecule has 0 aliphatic heterocycles. The second kappa shape index (κ2) is 7.88. The molecule has 7 heteroatoms. The highest BCUT2D eigenvalue weighted by Gasteiger charge is 2.21. The van der Waals surface area contributed by atoms with E-state index in [1.807, 2.05) is 13.0 Å². The highest BCUT2D eigenvalue weighted by Crippen LogP contribution is 2.31. The van der Waals surface area contributed by atoms with Gasteiger partial charge in [0.15, 0.2) is 12.4 Å². The number of rotatable bonds is 7. The zero-order valence-electron chi connectivity index (χ0n) is 14.4. The van der Waals surface area contributed by atoms with E-state index in [9.17, 15) is 9.59 Å². The molecule has 3 aromatic rings. The molecule has 3 rings (SSSR count). The fourth-order valence-electron chi connectivity index (χ4n) is 2.40. The van der Waals surface area contributed by atoms with Crippen molar-refractivity contribution in [2.24, 2.45) is 0 Å². The lowest BCUT2D eigenvalue weighted by Gasteiger charge is -2.10. The molecule has 2 aromatic heterocycles. The van der Waals surface area contributed by atoms with Crippen LogP contribution in [0.1, 0.15) is 5.56 Å². The van der Waals surface area contributed by atoms with E-state index in [0.717, 1.165) is 5.56 Å². The van der Waals surface area contributed by atoms with Gasteiger partial charge in [0, 0.05) is 7.11 Å². The van der Waals surface area contributed by atoms with E-state index in [2.05, 4.69) is 0 Å². The summed E-state index contributed by atoms with van der Waals surface area (Å²) in [6.07, 6.45) is 1.46. The average molecular weight is 358 g/mol. The first-order valence-corrected chi connectivity index (χ1v) is 7.99. The molecular formula is C19H18O7. The SMILES string of the molecule is COCCOC(=O)COc1c(-c2ccco2)oc2ccc(C)cc2c1=O. The summed E-state index contributed by atoms with van der Waals surface area (Å²) in [5.74, 6) is -0.258. The fraction of sp³-hybridized carbons (Fsp3) is 0.263. The van der Waals surface area contributed by atoms with Gasteiger partial charge in [-0.25, -0.2) is 4.79 Å². The van der Waals surface area contributed by atoms with E-state index in [0.29, 0.717) is 16.7 Å². The normalized spacial score (nSPS) is 10.8. The van der Waals surface area contributed by atoms with Crippen LogP contribution < -0.4 is 10.2 Å². The van der Waals surface area contributed by atoms with Gasteiger partial charge in [-0.05, 0) is 31.2 Å². The number of ether oxygens (including phenoxy) is 3. The van der Waals surface area contributed by atoms with Crippen molar-refractivity contribution in [3.63, 3.8) is 0 Å². The molecule has 0 unspecified atom stereocenters. The Hall–Kier alpha value is -3.06. The minimum Gasteiger partial charge on any atom is -0.474 e. The number of furan rings is 1. The lowest BCUT2D eigenvalue weighted by molar-refractivity contribution is -0.147. The van der Waals surface area contributed by atoms with Crippen molar-refractivity contribution >= 4 is 16.9 Å². The topological polar surface area (TPSA) is 88.1 Å². The van der Waals surface area contributed by atoms with Crippen molar-refractivity contribution in [1.82, 2.24) is 0 Å². The van der Waals surface area contributed by atoms with Gasteiger partial charge >= 0.3 is 5.97 Å². The minimum atomic E-state index is -0.615. The number of benzene rings is 1. The van der Waals surface area contributed by atoms with Gasteiger partial charge < -0.3 is 23.0 Å². The summed E-state index contributed by atoms with van der Waals surface area (Å²) < 4.78 is 26.3. The van der Waals surface area contributed by atoms with E-state index in [1.165, 1.54) is 13.4 Å². The maximum Gasteiger partial charge on any atom is 0.344 e. The minimum absolute atomic E-state index is 0.0956. The van der Waals surface area contributed by atoms with Gasteiger partial charge in [-0.1, -0.05) is 11.6 Å². The molecule has 0 atom stereocenters. The van der Waals surface area contributed by atoms with Gasteiger partial charge in [0.25, 0.3) is 0 Å². The van der Waals surface area contributed by atoms with Crippen LogP contribution in [0.15, 0.2) is 50.2 Å². The van der Waals surface area contributed by atoms with Gasteiger partial charge in [0.05, 0.1) is 18.3 Å². The predicted molar refractivity (Wildman–Crippen MR) is 93.3 cm³/mol. The first kappa shape index (κ1) is 17.8. The van der Waals surface area contributed by atoms with Gasteiger partial charge in [-0.2, -0.15) is 0 Å². The zero-order chi connectivity index (χ0) is 18.5. The number of esters is 1. The van der Waals surface area contributed by atoms with Gasteiger partial charge in [-0.3, -0.25) is 4.79 Å². The van der Waals surface area contributed by atoms with E-state index in [-0.39, 0.29) is 30.2 Å². The third-order valence-corrected chi connectivity index (χ3v) is 3.63. The van der Waals surface area contributed by atoms with Gasteiger partial charge in [0.2, 0.25) is 16.9 Å². The maximum absolute atomic E-state index is 12.9. The predicted octanol–water partition coefficient (Wildman–Crippen LogP) is 2.93. The molecule has 0 saturated heterocycles. The molecule has 2 heterocycles. The van der Waals surface area contributed by atoms with Crippen molar-refractivity contribution < 1.29 is 27.8 Å². The molecule has 0 aliphatic rings. The van der Waals surface area contributed by atoms with E-state index in [1.54, 1.807) is 24.3 Å². The Balaban J connectivity index is 1.96. The Bertz CT molecular complexity index is 954. The molecule has 1 aromatic carbocycles. The van der Waals surface area contributed by atoms with Crippen LogP contribution in [0.3, 0.4) is 0 Å². The molecule has 0 fully saturated rings. The number of aryl methyl sites for hydroxylation is 1. The molecule has 0 N–H and O–H groups in total. The Morgan fingerprint density at radius 3 is 2.77 bits per heavy atom. The van der Waals surface area contributed by atoms with Crippen molar-refractivity contribution in [3.8, 4) is 17.3 Å². The second-order valence-corrected chi connectivity index (χ2v) is 5.57. The molecule has 0 spiro atoms. The lowest BCUT2D eigenvalue weighted by Crippen LogP contribution is -2.20. The summed E-state index contributed by atoms with van der Waals surface area (Å²) in [7, 11) is 1.50. The van der Waals surface area contributed by atoms with Crippen LogP contribution in [0.25, 0.3) is 22.5 Å². The van der Waals surface area contributed by atoms with Crippen molar-refractivity contribution in [2.75, 3.05) is 26.9 Å². The lowest BCUT2D eigenvalue weighted by atomic mass is 10.1. The maximum atomic E-state index is 12.9. The fourth-order valence-corrected chi connectivity index (χ4v) is 2.40. The standard InChI is InChI=1S/C19H18O7/c1-12-5-6-14-13(10-12)17(21)19(18(26-14)15-4-3-7-23-15)25-11-16(20)24-9-8-22-2/h3-7,10H,8-9,11H2,1-2H3. The monoisotopic (exact) mass is 358 g/mol. The second-order valence-electron chi connectivity index (χ2n) is 5.57. The van der Waals surface area contributed by atoms with Gasteiger partial charge in [0.1, 0.15) is 12.2 Å². The van der Waals surface area contributed by atoms with Crippen LogP contribution in [-0.4, -0.2) is 32.9 Å². The van der Waals surface area contributed by atoms with Crippen LogP contribution >= 0.6 is 0 Å². The zero-order valence-corrected chi connectivity index (χ0v) is 14.4. The highest BCUT2D eigenvalue weighted by atomic mass is 16.6. The van der Waals surface area contributed by atoms with Crippen LogP contribution in [0.2, 0.25) is 0 Å². The van der Waals surface area contributed by atoms with E-state index >= 15 is 0 Å². The molecule has 0 radical (unpaired) electrons. The first-order valence-electron chi connectivity index (χ1n) is 7.99. The number of methoxy groups -OCH3 is 1. The molecule has 0 aliphatic carbocycles. The van der Waals surface area contributed by atoms with Gasteiger partial charge in [-0.15, -0.1) is 0 Å². The molecule has 0 amide bonds. The average Bonchev–Trinajstić information content (AvgIpc) is 3.16. The summed E-state index contributed by atoms with van der Waals surface area (Å²) >= 11 is 0. The molecular weight excluding hydrogens is 340 g/mol. The van der Waals surface area contributed by atoms with E-state index < -0.39 is 12.6 Å². The molecule has 0 saturated carbocycles. The Kier molecular flexibility index (Phi) is 5.38. The van der Waals surface area contributed by atoms with Crippen LogP contribution in [-0.2, 0) is 14.3 Å². The summed E-state index contributed by atoms with van der Waals surface area (Å²) in [4.78, 5) is 24.6. The summed E-state index contributed by atoms with van der Waals surface area (Å²) in [5, 5.41) is 0.364.